The van der Waals surface area contributed by atoms with Crippen molar-refractivity contribution in [3.63, 3.8) is 0 Å². The Morgan fingerprint density at radius 2 is 1.94 bits per heavy atom. The van der Waals surface area contributed by atoms with E-state index in [0.717, 1.165) is 22.7 Å². The number of benzene rings is 2. The number of aromatic nitrogens is 3. The summed E-state index contributed by atoms with van der Waals surface area (Å²) in [6.07, 6.45) is -1.05. The van der Waals surface area contributed by atoms with Gasteiger partial charge in [0.2, 0.25) is 0 Å². The number of imidazole rings is 1. The Bertz CT molecular complexity index is 1280. The van der Waals surface area contributed by atoms with Crippen molar-refractivity contribution in [2.75, 3.05) is 5.32 Å². The van der Waals surface area contributed by atoms with E-state index < -0.39 is 17.6 Å². The second-order valence-corrected chi connectivity index (χ2v) is 8.11. The summed E-state index contributed by atoms with van der Waals surface area (Å²) < 4.78 is 40.7. The number of hydrogen-bond acceptors (Lipinski definition) is 4. The highest BCUT2D eigenvalue weighted by Crippen LogP contribution is 2.30. The molecule has 0 bridgehead atoms. The number of hydrogen-bond donors (Lipinski definition) is 2. The second kappa shape index (κ2) is 8.48. The first-order chi connectivity index (χ1) is 14.8. The highest BCUT2D eigenvalue weighted by atomic mass is 32.1. The number of carbonyl (C=O) groups excluding carboxylic acids is 1. The number of nitrogens with zero attached hydrogens (tertiary/aromatic N) is 2. The maximum absolute atomic E-state index is 12.9. The van der Waals surface area contributed by atoms with Crippen LogP contribution in [0.2, 0.25) is 0 Å². The summed E-state index contributed by atoms with van der Waals surface area (Å²) in [6, 6.07) is 14.4. The Morgan fingerprint density at radius 1 is 1.16 bits per heavy atom. The molecule has 0 aliphatic carbocycles. The first-order valence-electron chi connectivity index (χ1n) is 9.09. The van der Waals surface area contributed by atoms with Crippen molar-refractivity contribution in [1.29, 1.82) is 0 Å². The molecule has 2 aromatic carbocycles. The minimum absolute atomic E-state index is 0.280. The Kier molecular flexibility index (Phi) is 5.75. The number of amides is 1. The molecule has 10 heteroatoms. The zero-order valence-corrected chi connectivity index (χ0v) is 17.4. The summed E-state index contributed by atoms with van der Waals surface area (Å²) in [5, 5.41) is 3.07. The van der Waals surface area contributed by atoms with Crippen LogP contribution >= 0.6 is 23.6 Å². The minimum atomic E-state index is -4.39. The third-order valence-electron chi connectivity index (χ3n) is 4.43. The van der Waals surface area contributed by atoms with Gasteiger partial charge >= 0.3 is 6.18 Å². The van der Waals surface area contributed by atoms with E-state index >= 15 is 0 Å². The first kappa shape index (κ1) is 21.0. The van der Waals surface area contributed by atoms with Gasteiger partial charge in [-0.1, -0.05) is 36.4 Å². The third kappa shape index (κ3) is 4.75. The number of para-hydroxylation sites is 1. The molecule has 5 nitrogen and oxygen atoms in total. The lowest BCUT2D eigenvalue weighted by molar-refractivity contribution is -0.137. The fourth-order valence-electron chi connectivity index (χ4n) is 3.04. The van der Waals surface area contributed by atoms with E-state index in [1.54, 1.807) is 16.8 Å². The van der Waals surface area contributed by atoms with Crippen LogP contribution < -0.4 is 5.32 Å². The zero-order chi connectivity index (χ0) is 22.0. The van der Waals surface area contributed by atoms with Crippen LogP contribution in [0.25, 0.3) is 5.69 Å². The van der Waals surface area contributed by atoms with Crippen molar-refractivity contribution >= 4 is 34.6 Å². The zero-order valence-electron chi connectivity index (χ0n) is 15.8. The first-order valence-corrected chi connectivity index (χ1v) is 10.3. The third-order valence-corrected chi connectivity index (χ3v) is 5.64. The van der Waals surface area contributed by atoms with Gasteiger partial charge in [-0.05, 0) is 36.0 Å². The largest absolute Gasteiger partial charge is 0.416 e. The highest BCUT2D eigenvalue weighted by Gasteiger charge is 2.30. The molecule has 158 valence electrons. The molecule has 0 spiro atoms. The maximum Gasteiger partial charge on any atom is 0.416 e. The van der Waals surface area contributed by atoms with Crippen molar-refractivity contribution in [2.24, 2.45) is 0 Å². The molecule has 2 aromatic heterocycles. The lowest BCUT2D eigenvalue weighted by Gasteiger charge is -2.08. The van der Waals surface area contributed by atoms with E-state index in [1.807, 2.05) is 30.3 Å². The number of halogens is 3. The van der Waals surface area contributed by atoms with Gasteiger partial charge in [0.25, 0.3) is 5.91 Å². The van der Waals surface area contributed by atoms with E-state index in [0.29, 0.717) is 21.2 Å². The summed E-state index contributed by atoms with van der Waals surface area (Å²) in [4.78, 5) is 20.6. The normalized spacial score (nSPS) is 11.5. The Morgan fingerprint density at radius 3 is 2.68 bits per heavy atom. The standard InChI is InChI=1S/C21H15F3N4OS2/c22-21(23,24)14-6-4-5-13(9-14)10-16-11-25-19(31-16)27-18(29)17-12-26-20(30)28(17)15-7-2-1-3-8-15/h1-9,11-12H,10H2,(H,26,30)(H,25,27,29). The van der Waals surface area contributed by atoms with Gasteiger partial charge in [-0.25, -0.2) is 4.98 Å². The van der Waals surface area contributed by atoms with Crippen LogP contribution in [-0.4, -0.2) is 20.4 Å². The van der Waals surface area contributed by atoms with Gasteiger partial charge in [-0.3, -0.25) is 14.7 Å². The smallest absolute Gasteiger partial charge is 0.336 e. The summed E-state index contributed by atoms with van der Waals surface area (Å²) in [5.74, 6) is -0.406. The van der Waals surface area contributed by atoms with E-state index in [4.69, 9.17) is 12.2 Å². The molecule has 4 aromatic rings. The molecule has 2 heterocycles. The lowest BCUT2D eigenvalue weighted by atomic mass is 10.1. The van der Waals surface area contributed by atoms with Crippen molar-refractivity contribution < 1.29 is 18.0 Å². The van der Waals surface area contributed by atoms with Crippen LogP contribution in [0.4, 0.5) is 18.3 Å². The van der Waals surface area contributed by atoms with Crippen LogP contribution in [0.15, 0.2) is 67.0 Å². The average molecular weight is 461 g/mol. The van der Waals surface area contributed by atoms with Crippen LogP contribution in [0, 0.1) is 4.77 Å². The van der Waals surface area contributed by atoms with E-state index in [1.165, 1.54) is 23.6 Å². The Balaban J connectivity index is 1.51. The van der Waals surface area contributed by atoms with Gasteiger partial charge in [0.1, 0.15) is 5.69 Å². The van der Waals surface area contributed by atoms with Gasteiger partial charge in [0, 0.05) is 29.4 Å². The molecule has 0 saturated heterocycles. The molecule has 31 heavy (non-hydrogen) atoms. The number of H-pyrrole nitrogens is 1. The number of nitrogens with one attached hydrogen (secondary N) is 2. The molecule has 4 rings (SSSR count). The van der Waals surface area contributed by atoms with Crippen LogP contribution in [0.3, 0.4) is 0 Å². The Hall–Kier alpha value is -3.24. The number of anilines is 1. The molecule has 1 amide bonds. The van der Waals surface area contributed by atoms with Gasteiger partial charge in [-0.15, -0.1) is 11.3 Å². The van der Waals surface area contributed by atoms with Gasteiger partial charge < -0.3 is 4.98 Å². The number of thiazole rings is 1. The fraction of sp³-hybridized carbons (Fsp3) is 0.0952. The Labute approximate surface area is 184 Å². The molecule has 0 radical (unpaired) electrons. The molecule has 0 unspecified atom stereocenters. The van der Waals surface area contributed by atoms with Crippen molar-refractivity contribution in [1.82, 2.24) is 14.5 Å². The number of carbonyl (C=O) groups is 1. The minimum Gasteiger partial charge on any atom is -0.336 e. The SMILES string of the molecule is O=C(Nc1ncc(Cc2cccc(C(F)(F)F)c2)s1)c1c[nH]c(=S)n1-c1ccccc1. The average Bonchev–Trinajstić information content (AvgIpc) is 3.34. The summed E-state index contributed by atoms with van der Waals surface area (Å²) in [6.45, 7) is 0. The molecule has 0 fully saturated rings. The van der Waals surface area contributed by atoms with Crippen molar-refractivity contribution in [2.45, 2.75) is 12.6 Å². The molecule has 0 aliphatic heterocycles. The van der Waals surface area contributed by atoms with Crippen molar-refractivity contribution in [3.8, 4) is 5.69 Å². The second-order valence-electron chi connectivity index (χ2n) is 6.61. The lowest BCUT2D eigenvalue weighted by Crippen LogP contribution is -2.16. The highest BCUT2D eigenvalue weighted by molar-refractivity contribution is 7.71. The molecule has 0 aliphatic rings. The van der Waals surface area contributed by atoms with Gasteiger partial charge in [-0.2, -0.15) is 13.2 Å². The van der Waals surface area contributed by atoms with E-state index in [-0.39, 0.29) is 6.42 Å². The van der Waals surface area contributed by atoms with E-state index in [2.05, 4.69) is 15.3 Å². The molecule has 0 atom stereocenters. The van der Waals surface area contributed by atoms with Crippen LogP contribution in [-0.2, 0) is 12.6 Å². The van der Waals surface area contributed by atoms with Crippen molar-refractivity contribution in [3.05, 3.63) is 93.5 Å². The number of alkyl halides is 3. The summed E-state index contributed by atoms with van der Waals surface area (Å²) in [7, 11) is 0. The topological polar surface area (TPSA) is 62.7 Å². The van der Waals surface area contributed by atoms with Gasteiger partial charge in [0.05, 0.1) is 5.56 Å². The van der Waals surface area contributed by atoms with Crippen LogP contribution in [0.1, 0.15) is 26.5 Å². The predicted molar refractivity (Wildman–Crippen MR) is 115 cm³/mol. The molecule has 0 saturated carbocycles. The van der Waals surface area contributed by atoms with E-state index in [9.17, 15) is 18.0 Å². The van der Waals surface area contributed by atoms with Gasteiger partial charge in [0.15, 0.2) is 9.90 Å². The molecule has 2 N–H and O–H groups in total. The number of aromatic amines is 1. The summed E-state index contributed by atoms with van der Waals surface area (Å²) >= 11 is 6.49. The number of rotatable bonds is 5. The summed E-state index contributed by atoms with van der Waals surface area (Å²) in [5.41, 5.74) is 0.870. The predicted octanol–water partition coefficient (Wildman–Crippen LogP) is 5.85. The quantitative estimate of drug-likeness (QED) is 0.367. The fourth-order valence-corrected chi connectivity index (χ4v) is 4.14. The molecular weight excluding hydrogens is 445 g/mol. The maximum atomic E-state index is 12.9. The molecular formula is C21H15F3N4OS2. The monoisotopic (exact) mass is 460 g/mol. The van der Waals surface area contributed by atoms with Crippen LogP contribution in [0.5, 0.6) is 0 Å².